The van der Waals surface area contributed by atoms with E-state index in [1.807, 2.05) is 0 Å². The highest BCUT2D eigenvalue weighted by molar-refractivity contribution is 5.71. The number of carbonyl (C=O) groups excluding carboxylic acids is 3. The third-order valence-corrected chi connectivity index (χ3v) is 17.3. The van der Waals surface area contributed by atoms with Crippen molar-refractivity contribution in [2.24, 2.45) is 0 Å². The summed E-state index contributed by atoms with van der Waals surface area (Å²) < 4.78 is 17.0. The number of rotatable bonds is 70. The molecule has 0 bridgehead atoms. The number of hydrogen-bond donors (Lipinski definition) is 0. The van der Waals surface area contributed by atoms with Crippen LogP contribution in [0.2, 0.25) is 0 Å². The second-order valence-corrected chi connectivity index (χ2v) is 25.6. The molecule has 6 heteroatoms. The van der Waals surface area contributed by atoms with Gasteiger partial charge in [0.25, 0.3) is 0 Å². The maximum atomic E-state index is 12.9. The lowest BCUT2D eigenvalue weighted by Crippen LogP contribution is -2.30. The summed E-state index contributed by atoms with van der Waals surface area (Å²) >= 11 is 0. The van der Waals surface area contributed by atoms with Crippen molar-refractivity contribution in [3.05, 3.63) is 12.2 Å². The van der Waals surface area contributed by atoms with Crippen molar-refractivity contribution in [3.63, 3.8) is 0 Å². The lowest BCUT2D eigenvalue weighted by molar-refractivity contribution is -0.167. The largest absolute Gasteiger partial charge is 0.462 e. The van der Waals surface area contributed by atoms with Gasteiger partial charge in [-0.15, -0.1) is 0 Å². The second kappa shape index (κ2) is 70.6. The van der Waals surface area contributed by atoms with Crippen LogP contribution in [0.15, 0.2) is 12.2 Å². The van der Waals surface area contributed by atoms with Crippen LogP contribution < -0.4 is 0 Å². The molecule has 0 aliphatic carbocycles. The number of allylic oxidation sites excluding steroid dienone is 2. The molecule has 0 aromatic heterocycles. The molecule has 0 spiro atoms. The fourth-order valence-corrected chi connectivity index (χ4v) is 11.7. The minimum absolute atomic E-state index is 0.0618. The first-order chi connectivity index (χ1) is 40.0. The number of ether oxygens (including phenoxy) is 3. The van der Waals surface area contributed by atoms with Gasteiger partial charge in [0.1, 0.15) is 13.2 Å². The molecular weight excluding hydrogens is 997 g/mol. The molecular formula is C75H144O6. The number of carbonyl (C=O) groups is 3. The zero-order valence-electron chi connectivity index (χ0n) is 55.4. The SMILES string of the molecule is CCCCCCCCCC/C=C\CCCCCCCCCCCCCCCCCCCCCCCC(=O)OCC(COC(=O)CCCCCCCCCCCC)OC(=O)CCCCCCCCCCCCCCCCCCCCCC. The Morgan fingerprint density at radius 3 is 0.617 bits per heavy atom. The molecule has 0 aromatic carbocycles. The van der Waals surface area contributed by atoms with E-state index in [4.69, 9.17) is 14.2 Å². The normalized spacial score (nSPS) is 12.0. The summed E-state index contributed by atoms with van der Waals surface area (Å²) in [6.07, 6.45) is 85.6. The Bertz CT molecular complexity index is 1260. The third kappa shape index (κ3) is 68.8. The summed E-state index contributed by atoms with van der Waals surface area (Å²) in [4.78, 5) is 38.3. The van der Waals surface area contributed by atoms with Crippen LogP contribution in [-0.2, 0) is 28.6 Å². The van der Waals surface area contributed by atoms with Crippen LogP contribution in [0.1, 0.15) is 432 Å². The molecule has 0 aliphatic rings. The third-order valence-electron chi connectivity index (χ3n) is 17.3. The van der Waals surface area contributed by atoms with Gasteiger partial charge in [-0.1, -0.05) is 380 Å². The smallest absolute Gasteiger partial charge is 0.306 e. The van der Waals surface area contributed by atoms with E-state index in [1.54, 1.807) is 0 Å². The van der Waals surface area contributed by atoms with E-state index < -0.39 is 6.10 Å². The highest BCUT2D eigenvalue weighted by Crippen LogP contribution is 2.19. The molecule has 0 radical (unpaired) electrons. The van der Waals surface area contributed by atoms with E-state index >= 15 is 0 Å². The van der Waals surface area contributed by atoms with Crippen LogP contribution in [0.25, 0.3) is 0 Å². The maximum absolute atomic E-state index is 12.9. The molecule has 0 N–H and O–H groups in total. The summed E-state index contributed by atoms with van der Waals surface area (Å²) in [7, 11) is 0. The molecule has 0 aliphatic heterocycles. The van der Waals surface area contributed by atoms with Crippen LogP contribution in [0, 0.1) is 0 Å². The minimum Gasteiger partial charge on any atom is -0.462 e. The van der Waals surface area contributed by atoms with Crippen molar-refractivity contribution in [3.8, 4) is 0 Å². The Morgan fingerprint density at radius 1 is 0.235 bits per heavy atom. The van der Waals surface area contributed by atoms with Gasteiger partial charge in [-0.25, -0.2) is 0 Å². The molecule has 0 amide bonds. The average molecular weight is 1140 g/mol. The van der Waals surface area contributed by atoms with Gasteiger partial charge in [0.2, 0.25) is 0 Å². The summed E-state index contributed by atoms with van der Waals surface area (Å²) in [5.41, 5.74) is 0. The fraction of sp³-hybridized carbons (Fsp3) is 0.933. The Labute approximate surface area is 507 Å². The fourth-order valence-electron chi connectivity index (χ4n) is 11.7. The topological polar surface area (TPSA) is 78.9 Å². The second-order valence-electron chi connectivity index (χ2n) is 25.6. The van der Waals surface area contributed by atoms with E-state index in [-0.39, 0.29) is 31.1 Å². The van der Waals surface area contributed by atoms with Crippen LogP contribution in [0.3, 0.4) is 0 Å². The van der Waals surface area contributed by atoms with Crippen molar-refractivity contribution in [2.45, 2.75) is 438 Å². The molecule has 0 saturated carbocycles. The number of hydrogen-bond acceptors (Lipinski definition) is 6. The lowest BCUT2D eigenvalue weighted by Gasteiger charge is -2.18. The van der Waals surface area contributed by atoms with Gasteiger partial charge in [0.05, 0.1) is 0 Å². The van der Waals surface area contributed by atoms with Crippen LogP contribution in [-0.4, -0.2) is 37.2 Å². The van der Waals surface area contributed by atoms with Crippen molar-refractivity contribution in [2.75, 3.05) is 13.2 Å². The van der Waals surface area contributed by atoms with Crippen LogP contribution in [0.5, 0.6) is 0 Å². The zero-order valence-corrected chi connectivity index (χ0v) is 55.4. The molecule has 0 saturated heterocycles. The minimum atomic E-state index is -0.764. The standard InChI is InChI=1S/C75H144O6/c1-4-7-10-13-16-19-22-24-26-28-30-32-33-34-35-36-37-38-39-40-41-42-43-44-46-47-49-51-53-56-59-62-65-68-74(77)80-71-72(70-79-73(76)67-64-61-58-55-21-18-15-12-9-6-3)81-75(78)69-66-63-60-57-54-52-50-48-45-31-29-27-25-23-20-17-14-11-8-5-2/h28,30,72H,4-27,29,31-71H2,1-3H3/b30-28-. The Morgan fingerprint density at radius 2 is 0.407 bits per heavy atom. The average Bonchev–Trinajstić information content (AvgIpc) is 3.47. The molecule has 480 valence electrons. The van der Waals surface area contributed by atoms with E-state index in [2.05, 4.69) is 32.9 Å². The first-order valence-corrected chi connectivity index (χ1v) is 37.2. The van der Waals surface area contributed by atoms with Gasteiger partial charge < -0.3 is 14.2 Å². The predicted molar refractivity (Wildman–Crippen MR) is 353 cm³/mol. The highest BCUT2D eigenvalue weighted by atomic mass is 16.6. The lowest BCUT2D eigenvalue weighted by atomic mass is 10.0. The van der Waals surface area contributed by atoms with E-state index in [0.29, 0.717) is 19.3 Å². The Hall–Kier alpha value is -1.85. The first kappa shape index (κ1) is 79.2. The maximum Gasteiger partial charge on any atom is 0.306 e. The van der Waals surface area contributed by atoms with Gasteiger partial charge in [-0.3, -0.25) is 14.4 Å². The van der Waals surface area contributed by atoms with Gasteiger partial charge >= 0.3 is 17.9 Å². The van der Waals surface area contributed by atoms with Gasteiger partial charge in [-0.05, 0) is 44.9 Å². The molecule has 1 unspecified atom stereocenters. The molecule has 81 heavy (non-hydrogen) atoms. The Kier molecular flexibility index (Phi) is 69.0. The van der Waals surface area contributed by atoms with Crippen LogP contribution >= 0.6 is 0 Å². The van der Waals surface area contributed by atoms with Gasteiger partial charge in [0.15, 0.2) is 6.10 Å². The molecule has 1 atom stereocenters. The highest BCUT2D eigenvalue weighted by Gasteiger charge is 2.20. The number of esters is 3. The van der Waals surface area contributed by atoms with Crippen molar-refractivity contribution < 1.29 is 28.6 Å². The molecule has 0 fully saturated rings. The zero-order chi connectivity index (χ0) is 58.5. The van der Waals surface area contributed by atoms with E-state index in [1.165, 1.54) is 334 Å². The van der Waals surface area contributed by atoms with E-state index in [0.717, 1.165) is 57.8 Å². The van der Waals surface area contributed by atoms with Crippen molar-refractivity contribution in [1.82, 2.24) is 0 Å². The quantitative estimate of drug-likeness (QED) is 0.0261. The predicted octanol–water partition coefficient (Wildman–Crippen LogP) is 25.6. The monoisotopic (exact) mass is 1140 g/mol. The summed E-state index contributed by atoms with van der Waals surface area (Å²) in [5, 5.41) is 0. The molecule has 6 nitrogen and oxygen atoms in total. The summed E-state index contributed by atoms with van der Waals surface area (Å²) in [5.74, 6) is -0.827. The Balaban J connectivity index is 4.03. The molecule has 0 heterocycles. The first-order valence-electron chi connectivity index (χ1n) is 37.2. The van der Waals surface area contributed by atoms with Crippen molar-refractivity contribution in [1.29, 1.82) is 0 Å². The summed E-state index contributed by atoms with van der Waals surface area (Å²) in [6.45, 7) is 6.72. The van der Waals surface area contributed by atoms with E-state index in [9.17, 15) is 14.4 Å². The molecule has 0 aromatic rings. The summed E-state index contributed by atoms with van der Waals surface area (Å²) in [6, 6.07) is 0. The molecule has 0 rings (SSSR count). The van der Waals surface area contributed by atoms with Gasteiger partial charge in [-0.2, -0.15) is 0 Å². The van der Waals surface area contributed by atoms with Gasteiger partial charge in [0, 0.05) is 19.3 Å². The van der Waals surface area contributed by atoms with Crippen LogP contribution in [0.4, 0.5) is 0 Å². The number of unbranched alkanes of at least 4 members (excludes halogenated alkanes) is 57. The van der Waals surface area contributed by atoms with Crippen molar-refractivity contribution >= 4 is 17.9 Å².